The van der Waals surface area contributed by atoms with Crippen molar-refractivity contribution >= 4 is 11.4 Å². The van der Waals surface area contributed by atoms with Crippen molar-refractivity contribution in [3.05, 3.63) is 18.5 Å². The molecule has 1 aromatic rings. The number of nitrogens with zero attached hydrogens (tertiary/aromatic N) is 1. The molecule has 3 nitrogen and oxygen atoms in total. The maximum Gasteiger partial charge on any atom is 0.0547 e. The van der Waals surface area contributed by atoms with Gasteiger partial charge in [-0.15, -0.1) is 0 Å². The van der Waals surface area contributed by atoms with Gasteiger partial charge in [-0.2, -0.15) is 0 Å². The Bertz CT molecular complexity index is 381. The third-order valence-corrected chi connectivity index (χ3v) is 3.93. The Morgan fingerprint density at radius 2 is 2.06 bits per heavy atom. The fourth-order valence-corrected chi connectivity index (χ4v) is 3.29. The number of aromatic nitrogens is 1. The van der Waals surface area contributed by atoms with Crippen LogP contribution in [0, 0.1) is 11.3 Å². The molecule has 3 N–H and O–H groups in total. The Kier molecular flexibility index (Phi) is 4.10. The minimum absolute atomic E-state index is 0.485. The Balaban J connectivity index is 1.97. The van der Waals surface area contributed by atoms with Gasteiger partial charge in [-0.25, -0.2) is 0 Å². The van der Waals surface area contributed by atoms with E-state index in [0.29, 0.717) is 5.41 Å². The first-order valence-corrected chi connectivity index (χ1v) is 7.04. The molecule has 1 saturated carbocycles. The number of hydrogen-bond donors (Lipinski definition) is 2. The lowest BCUT2D eigenvalue weighted by Gasteiger charge is -2.31. The van der Waals surface area contributed by atoms with Gasteiger partial charge in [-0.3, -0.25) is 4.98 Å². The molecular formula is C15H25N3. The molecule has 1 aliphatic carbocycles. The van der Waals surface area contributed by atoms with Gasteiger partial charge < -0.3 is 11.1 Å². The van der Waals surface area contributed by atoms with Crippen LogP contribution in [0.3, 0.4) is 0 Å². The van der Waals surface area contributed by atoms with Crippen molar-refractivity contribution in [1.82, 2.24) is 4.98 Å². The lowest BCUT2D eigenvalue weighted by Crippen LogP contribution is -2.28. The molecule has 1 heterocycles. The lowest BCUT2D eigenvalue weighted by atomic mass is 9.78. The van der Waals surface area contributed by atoms with Crippen LogP contribution in [0.2, 0.25) is 0 Å². The zero-order valence-corrected chi connectivity index (χ0v) is 11.6. The summed E-state index contributed by atoms with van der Waals surface area (Å²) in [6, 6.07) is 1.96. The summed E-state index contributed by atoms with van der Waals surface area (Å²) in [4.78, 5) is 4.13. The number of nitrogens with one attached hydrogen (secondary N) is 1. The highest BCUT2D eigenvalue weighted by atomic mass is 14.9. The maximum atomic E-state index is 5.75. The molecule has 0 saturated heterocycles. The van der Waals surface area contributed by atoms with E-state index in [0.717, 1.165) is 23.8 Å². The number of pyridine rings is 1. The normalized spacial score (nSPS) is 18.2. The summed E-state index contributed by atoms with van der Waals surface area (Å²) in [6.45, 7) is 5.70. The van der Waals surface area contributed by atoms with Crippen molar-refractivity contribution < 1.29 is 0 Å². The van der Waals surface area contributed by atoms with Crippen LogP contribution in [0.1, 0.15) is 46.0 Å². The second-order valence-electron chi connectivity index (χ2n) is 6.17. The van der Waals surface area contributed by atoms with Gasteiger partial charge in [-0.1, -0.05) is 26.7 Å². The molecule has 0 unspecified atom stereocenters. The van der Waals surface area contributed by atoms with Crippen LogP contribution < -0.4 is 11.1 Å². The Hall–Kier alpha value is -1.25. The van der Waals surface area contributed by atoms with E-state index < -0.39 is 0 Å². The lowest BCUT2D eigenvalue weighted by molar-refractivity contribution is 0.252. The minimum atomic E-state index is 0.485. The monoisotopic (exact) mass is 247 g/mol. The molecule has 100 valence electrons. The van der Waals surface area contributed by atoms with Gasteiger partial charge >= 0.3 is 0 Å². The summed E-state index contributed by atoms with van der Waals surface area (Å²) < 4.78 is 0. The summed E-state index contributed by atoms with van der Waals surface area (Å²) in [7, 11) is 0. The number of anilines is 2. The first kappa shape index (κ1) is 13.2. The predicted molar refractivity (Wildman–Crippen MR) is 77.5 cm³/mol. The fraction of sp³-hybridized carbons (Fsp3) is 0.667. The van der Waals surface area contributed by atoms with Crippen molar-refractivity contribution in [1.29, 1.82) is 0 Å². The second-order valence-corrected chi connectivity index (χ2v) is 6.17. The molecule has 0 bridgehead atoms. The van der Waals surface area contributed by atoms with Crippen LogP contribution >= 0.6 is 0 Å². The molecule has 1 fully saturated rings. The van der Waals surface area contributed by atoms with Gasteiger partial charge in [0.2, 0.25) is 0 Å². The average molecular weight is 247 g/mol. The quantitative estimate of drug-likeness (QED) is 0.834. The molecule has 0 atom stereocenters. The van der Waals surface area contributed by atoms with Crippen LogP contribution in [0.15, 0.2) is 18.5 Å². The predicted octanol–water partition coefficient (Wildman–Crippen LogP) is 3.68. The van der Waals surface area contributed by atoms with E-state index in [1.165, 1.54) is 32.1 Å². The van der Waals surface area contributed by atoms with Gasteiger partial charge in [0.05, 0.1) is 17.6 Å². The molecular weight excluding hydrogens is 222 g/mol. The average Bonchev–Trinajstić information content (AvgIpc) is 2.75. The van der Waals surface area contributed by atoms with Gasteiger partial charge in [-0.05, 0) is 36.7 Å². The number of hydrogen-bond acceptors (Lipinski definition) is 3. The first-order valence-electron chi connectivity index (χ1n) is 7.04. The van der Waals surface area contributed by atoms with Crippen molar-refractivity contribution in [2.45, 2.75) is 46.0 Å². The number of rotatable bonds is 5. The smallest absolute Gasteiger partial charge is 0.0547 e. The third-order valence-electron chi connectivity index (χ3n) is 3.93. The van der Waals surface area contributed by atoms with E-state index >= 15 is 0 Å². The molecule has 0 radical (unpaired) electrons. The zero-order valence-electron chi connectivity index (χ0n) is 11.6. The van der Waals surface area contributed by atoms with E-state index in [1.807, 2.05) is 12.3 Å². The highest BCUT2D eigenvalue weighted by Gasteiger charge is 2.34. The largest absolute Gasteiger partial charge is 0.397 e. The SMILES string of the molecule is CC(C)CC1(CNc2cncc(N)c2)CCCC1. The standard InChI is InChI=1S/C15H25N3/c1-12(2)8-15(5-3-4-6-15)11-18-14-7-13(16)9-17-10-14/h7,9-10,12,18H,3-6,8,11,16H2,1-2H3. The van der Waals surface area contributed by atoms with Crippen LogP contribution in [0.25, 0.3) is 0 Å². The van der Waals surface area contributed by atoms with Crippen LogP contribution in [-0.2, 0) is 0 Å². The summed E-state index contributed by atoms with van der Waals surface area (Å²) in [5.41, 5.74) is 8.01. The molecule has 1 aliphatic rings. The minimum Gasteiger partial charge on any atom is -0.397 e. The van der Waals surface area contributed by atoms with Crippen LogP contribution in [-0.4, -0.2) is 11.5 Å². The van der Waals surface area contributed by atoms with Crippen molar-refractivity contribution in [3.8, 4) is 0 Å². The molecule has 2 rings (SSSR count). The second kappa shape index (κ2) is 5.59. The summed E-state index contributed by atoms with van der Waals surface area (Å²) in [5, 5.41) is 3.53. The molecule has 0 spiro atoms. The molecule has 1 aromatic heterocycles. The Morgan fingerprint density at radius 1 is 1.33 bits per heavy atom. The summed E-state index contributed by atoms with van der Waals surface area (Å²) in [6.07, 6.45) is 10.3. The number of nitrogen functional groups attached to an aromatic ring is 1. The van der Waals surface area contributed by atoms with E-state index in [2.05, 4.69) is 24.1 Å². The molecule has 0 aliphatic heterocycles. The zero-order chi connectivity index (χ0) is 13.0. The fourth-order valence-electron chi connectivity index (χ4n) is 3.29. The molecule has 0 aromatic carbocycles. The summed E-state index contributed by atoms with van der Waals surface area (Å²) >= 11 is 0. The van der Waals surface area contributed by atoms with Crippen molar-refractivity contribution in [2.24, 2.45) is 11.3 Å². The first-order chi connectivity index (χ1) is 8.60. The number of nitrogens with two attached hydrogens (primary N) is 1. The Morgan fingerprint density at radius 3 is 2.67 bits per heavy atom. The summed E-state index contributed by atoms with van der Waals surface area (Å²) in [5.74, 6) is 0.767. The topological polar surface area (TPSA) is 50.9 Å². The van der Waals surface area contributed by atoms with E-state index in [9.17, 15) is 0 Å². The molecule has 18 heavy (non-hydrogen) atoms. The maximum absolute atomic E-state index is 5.75. The molecule has 0 amide bonds. The third kappa shape index (κ3) is 3.37. The Labute approximate surface area is 110 Å². The van der Waals surface area contributed by atoms with Gasteiger partial charge in [0.1, 0.15) is 0 Å². The highest BCUT2D eigenvalue weighted by Crippen LogP contribution is 2.43. The van der Waals surface area contributed by atoms with Gasteiger partial charge in [0.15, 0.2) is 0 Å². The van der Waals surface area contributed by atoms with Crippen LogP contribution in [0.5, 0.6) is 0 Å². The van der Waals surface area contributed by atoms with Crippen molar-refractivity contribution in [2.75, 3.05) is 17.6 Å². The van der Waals surface area contributed by atoms with Crippen molar-refractivity contribution in [3.63, 3.8) is 0 Å². The van der Waals surface area contributed by atoms with Crippen LogP contribution in [0.4, 0.5) is 11.4 Å². The highest BCUT2D eigenvalue weighted by molar-refractivity contribution is 5.51. The van der Waals surface area contributed by atoms with E-state index in [1.54, 1.807) is 6.20 Å². The van der Waals surface area contributed by atoms with E-state index in [4.69, 9.17) is 5.73 Å². The van der Waals surface area contributed by atoms with Gasteiger partial charge in [0, 0.05) is 12.7 Å². The van der Waals surface area contributed by atoms with E-state index in [-0.39, 0.29) is 0 Å². The molecule has 3 heteroatoms. The van der Waals surface area contributed by atoms with Gasteiger partial charge in [0.25, 0.3) is 0 Å².